The maximum atomic E-state index is 12.1. The first kappa shape index (κ1) is 23.4. The van der Waals surface area contributed by atoms with Crippen LogP contribution in [0.25, 0.3) is 5.69 Å². The lowest BCUT2D eigenvalue weighted by molar-refractivity contribution is -0.115. The van der Waals surface area contributed by atoms with Gasteiger partial charge in [-0.1, -0.05) is 36.4 Å². The maximum Gasteiger partial charge on any atom is 0.243 e. The van der Waals surface area contributed by atoms with E-state index in [1.807, 2.05) is 73.1 Å². The van der Waals surface area contributed by atoms with E-state index in [-0.39, 0.29) is 36.4 Å². The zero-order valence-electron chi connectivity index (χ0n) is 17.3. The number of carbonyl (C=O) groups excluding carboxylic acids is 1. The Kier molecular flexibility index (Phi) is 8.85. The maximum absolute atomic E-state index is 12.1. The first-order valence-electron chi connectivity index (χ1n) is 9.48. The fourth-order valence-corrected chi connectivity index (χ4v) is 3.03. The molecule has 2 aromatic carbocycles. The van der Waals surface area contributed by atoms with E-state index < -0.39 is 0 Å². The highest BCUT2D eigenvalue weighted by Gasteiger charge is 2.10. The molecule has 1 aromatic heterocycles. The highest BCUT2D eigenvalue weighted by Crippen LogP contribution is 2.16. The summed E-state index contributed by atoms with van der Waals surface area (Å²) >= 11 is 0. The molecule has 0 aliphatic carbocycles. The minimum absolute atomic E-state index is 0. The standard InChI is InChI=1S/C22H26N6O.HI/c1-16-13-17(2)28(27-16)20-12-8-7-9-18(20)14-24-22(23-3)25-15-21(29)26-19-10-5-4-6-11-19;/h4-13H,14-15H2,1-3H3,(H,26,29)(H2,23,24,25);1H. The average molecular weight is 518 g/mol. The van der Waals surface area contributed by atoms with Gasteiger partial charge in [0.2, 0.25) is 5.91 Å². The van der Waals surface area contributed by atoms with Crippen LogP contribution >= 0.6 is 24.0 Å². The molecule has 3 aromatic rings. The molecule has 158 valence electrons. The molecule has 0 fully saturated rings. The Morgan fingerprint density at radius 1 is 1.03 bits per heavy atom. The Labute approximate surface area is 194 Å². The molecule has 30 heavy (non-hydrogen) atoms. The topological polar surface area (TPSA) is 83.3 Å². The lowest BCUT2D eigenvalue weighted by Gasteiger charge is -2.15. The Morgan fingerprint density at radius 3 is 2.40 bits per heavy atom. The summed E-state index contributed by atoms with van der Waals surface area (Å²) < 4.78 is 1.94. The summed E-state index contributed by atoms with van der Waals surface area (Å²) in [5, 5.41) is 13.7. The molecule has 7 nitrogen and oxygen atoms in total. The Morgan fingerprint density at radius 2 is 1.73 bits per heavy atom. The highest BCUT2D eigenvalue weighted by molar-refractivity contribution is 14.0. The fraction of sp³-hybridized carbons (Fsp3) is 0.227. The van der Waals surface area contributed by atoms with Gasteiger partial charge in [0, 0.05) is 25.0 Å². The van der Waals surface area contributed by atoms with Gasteiger partial charge in [0.1, 0.15) is 0 Å². The average Bonchev–Trinajstić information content (AvgIpc) is 3.07. The molecule has 0 spiro atoms. The summed E-state index contributed by atoms with van der Waals surface area (Å²) in [5.74, 6) is 0.415. The number of carbonyl (C=O) groups is 1. The lowest BCUT2D eigenvalue weighted by Crippen LogP contribution is -2.41. The van der Waals surface area contributed by atoms with Crippen molar-refractivity contribution in [3.05, 3.63) is 77.6 Å². The van der Waals surface area contributed by atoms with Crippen LogP contribution in [0.5, 0.6) is 0 Å². The number of anilines is 1. The summed E-state index contributed by atoms with van der Waals surface area (Å²) in [6, 6.07) is 19.5. The molecule has 0 saturated heterocycles. The SMILES string of the molecule is CN=C(NCC(=O)Nc1ccccc1)NCc1ccccc1-n1nc(C)cc1C.I. The van der Waals surface area contributed by atoms with Gasteiger partial charge in [-0.15, -0.1) is 24.0 Å². The molecule has 8 heteroatoms. The summed E-state index contributed by atoms with van der Waals surface area (Å²) in [7, 11) is 1.68. The second-order valence-corrected chi connectivity index (χ2v) is 6.66. The first-order chi connectivity index (χ1) is 14.1. The Hall–Kier alpha value is -2.88. The van der Waals surface area contributed by atoms with Crippen molar-refractivity contribution in [1.29, 1.82) is 0 Å². The van der Waals surface area contributed by atoms with Crippen molar-refractivity contribution in [2.75, 3.05) is 18.9 Å². The van der Waals surface area contributed by atoms with Crippen LogP contribution in [0.15, 0.2) is 65.7 Å². The molecular weight excluding hydrogens is 491 g/mol. The van der Waals surface area contributed by atoms with Gasteiger partial charge < -0.3 is 16.0 Å². The number of para-hydroxylation sites is 2. The zero-order valence-corrected chi connectivity index (χ0v) is 19.7. The van der Waals surface area contributed by atoms with Gasteiger partial charge in [-0.25, -0.2) is 4.68 Å². The molecule has 0 bridgehead atoms. The predicted octanol–water partition coefficient (Wildman–Crippen LogP) is 3.41. The van der Waals surface area contributed by atoms with Crippen molar-refractivity contribution in [1.82, 2.24) is 20.4 Å². The zero-order chi connectivity index (χ0) is 20.6. The second-order valence-electron chi connectivity index (χ2n) is 6.66. The van der Waals surface area contributed by atoms with Crippen molar-refractivity contribution in [2.45, 2.75) is 20.4 Å². The molecule has 1 amide bonds. The van der Waals surface area contributed by atoms with Gasteiger partial charge in [0.05, 0.1) is 17.9 Å². The molecule has 3 rings (SSSR count). The molecule has 0 unspecified atom stereocenters. The minimum Gasteiger partial charge on any atom is -0.352 e. The molecule has 0 radical (unpaired) electrons. The van der Waals surface area contributed by atoms with Crippen molar-refractivity contribution in [2.24, 2.45) is 4.99 Å². The monoisotopic (exact) mass is 518 g/mol. The number of benzene rings is 2. The van der Waals surface area contributed by atoms with Crippen molar-refractivity contribution < 1.29 is 4.79 Å². The second kappa shape index (κ2) is 11.3. The number of hydrogen-bond donors (Lipinski definition) is 3. The van der Waals surface area contributed by atoms with Crippen LogP contribution in [0.3, 0.4) is 0 Å². The molecule has 0 aliphatic rings. The van der Waals surface area contributed by atoms with Gasteiger partial charge >= 0.3 is 0 Å². The summed E-state index contributed by atoms with van der Waals surface area (Å²) in [6.45, 7) is 4.69. The summed E-state index contributed by atoms with van der Waals surface area (Å²) in [5.41, 5.74) is 4.92. The summed E-state index contributed by atoms with van der Waals surface area (Å²) in [4.78, 5) is 16.3. The molecular formula is C22H27IN6O. The van der Waals surface area contributed by atoms with Crippen molar-refractivity contribution >= 4 is 41.5 Å². The molecule has 0 saturated carbocycles. The van der Waals surface area contributed by atoms with Gasteiger partial charge in [-0.05, 0) is 43.7 Å². The molecule has 0 aliphatic heterocycles. The molecule has 3 N–H and O–H groups in total. The number of halogens is 1. The number of nitrogens with zero attached hydrogens (tertiary/aromatic N) is 3. The third kappa shape index (κ3) is 6.31. The van der Waals surface area contributed by atoms with Crippen LogP contribution in [0, 0.1) is 13.8 Å². The van der Waals surface area contributed by atoms with E-state index >= 15 is 0 Å². The van der Waals surface area contributed by atoms with E-state index in [1.165, 1.54) is 0 Å². The first-order valence-corrected chi connectivity index (χ1v) is 9.48. The molecule has 0 atom stereocenters. The van der Waals surface area contributed by atoms with Gasteiger partial charge in [-0.2, -0.15) is 5.10 Å². The number of rotatable bonds is 6. The Balaban J connectivity index is 0.00000320. The normalized spacial score (nSPS) is 10.8. The Bertz CT molecular complexity index is 1000. The predicted molar refractivity (Wildman–Crippen MR) is 132 cm³/mol. The highest BCUT2D eigenvalue weighted by atomic mass is 127. The third-order valence-corrected chi connectivity index (χ3v) is 4.37. The lowest BCUT2D eigenvalue weighted by atomic mass is 10.1. The van der Waals surface area contributed by atoms with Crippen LogP contribution in [0.4, 0.5) is 5.69 Å². The number of aliphatic imine (C=N–C) groups is 1. The van der Waals surface area contributed by atoms with Gasteiger partial charge in [0.25, 0.3) is 0 Å². The number of amides is 1. The van der Waals surface area contributed by atoms with Crippen LogP contribution in [-0.4, -0.2) is 35.2 Å². The third-order valence-electron chi connectivity index (χ3n) is 4.37. The van der Waals surface area contributed by atoms with E-state index in [0.717, 1.165) is 28.3 Å². The van der Waals surface area contributed by atoms with Crippen LogP contribution in [0.1, 0.15) is 17.0 Å². The smallest absolute Gasteiger partial charge is 0.243 e. The minimum atomic E-state index is -0.137. The van der Waals surface area contributed by atoms with Gasteiger partial charge in [-0.3, -0.25) is 9.79 Å². The van der Waals surface area contributed by atoms with Gasteiger partial charge in [0.15, 0.2) is 5.96 Å². The fourth-order valence-electron chi connectivity index (χ4n) is 3.03. The number of nitrogens with one attached hydrogen (secondary N) is 3. The largest absolute Gasteiger partial charge is 0.352 e. The van der Waals surface area contributed by atoms with Crippen LogP contribution < -0.4 is 16.0 Å². The van der Waals surface area contributed by atoms with E-state index in [1.54, 1.807) is 7.05 Å². The van der Waals surface area contributed by atoms with Crippen LogP contribution in [0.2, 0.25) is 0 Å². The number of hydrogen-bond acceptors (Lipinski definition) is 3. The summed E-state index contributed by atoms with van der Waals surface area (Å²) in [6.07, 6.45) is 0. The van der Waals surface area contributed by atoms with E-state index in [9.17, 15) is 4.79 Å². The quantitative estimate of drug-likeness (QED) is 0.266. The number of guanidine groups is 1. The van der Waals surface area contributed by atoms with E-state index in [4.69, 9.17) is 0 Å². The van der Waals surface area contributed by atoms with Crippen molar-refractivity contribution in [3.8, 4) is 5.69 Å². The van der Waals surface area contributed by atoms with Crippen molar-refractivity contribution in [3.63, 3.8) is 0 Å². The van der Waals surface area contributed by atoms with Crippen LogP contribution in [-0.2, 0) is 11.3 Å². The van der Waals surface area contributed by atoms with E-state index in [2.05, 4.69) is 32.1 Å². The van der Waals surface area contributed by atoms with E-state index in [0.29, 0.717) is 12.5 Å². The number of aromatic nitrogens is 2. The number of aryl methyl sites for hydroxylation is 2. The molecule has 1 heterocycles.